The summed E-state index contributed by atoms with van der Waals surface area (Å²) in [5, 5.41) is 3.26. The molecule has 3 N–H and O–H groups in total. The maximum atomic E-state index is 5.84. The van der Waals surface area contributed by atoms with Crippen molar-refractivity contribution in [3.8, 4) is 0 Å². The summed E-state index contributed by atoms with van der Waals surface area (Å²) in [5.41, 5.74) is 8.59. The Balaban J connectivity index is 2.34. The third-order valence-electron chi connectivity index (χ3n) is 3.62. The van der Waals surface area contributed by atoms with Gasteiger partial charge < -0.3 is 11.1 Å². The number of anilines is 3. The number of aromatic nitrogens is 3. The summed E-state index contributed by atoms with van der Waals surface area (Å²) in [7, 11) is 0. The van der Waals surface area contributed by atoms with Gasteiger partial charge in [0.2, 0.25) is 5.95 Å². The van der Waals surface area contributed by atoms with E-state index in [-0.39, 0.29) is 0 Å². The summed E-state index contributed by atoms with van der Waals surface area (Å²) in [5.74, 6) is 2.54. The lowest BCUT2D eigenvalue weighted by atomic mass is 10.0. The fraction of sp³-hybridized carbons (Fsp3) is 0.438. The Morgan fingerprint density at radius 1 is 1.10 bits per heavy atom. The molecule has 0 spiro atoms. The predicted molar refractivity (Wildman–Crippen MR) is 86.8 cm³/mol. The molecule has 0 saturated heterocycles. The van der Waals surface area contributed by atoms with Crippen molar-refractivity contribution in [3.05, 3.63) is 35.4 Å². The smallest absolute Gasteiger partial charge is 0.230 e. The van der Waals surface area contributed by atoms with Crippen molar-refractivity contribution in [2.24, 2.45) is 0 Å². The molecular weight excluding hydrogens is 262 g/mol. The van der Waals surface area contributed by atoms with Crippen LogP contribution in [-0.2, 0) is 0 Å². The molecule has 0 aliphatic heterocycles. The number of benzene rings is 1. The van der Waals surface area contributed by atoms with E-state index in [2.05, 4.69) is 34.1 Å². The van der Waals surface area contributed by atoms with Gasteiger partial charge in [0.15, 0.2) is 0 Å². The van der Waals surface area contributed by atoms with E-state index < -0.39 is 0 Å². The Kier molecular flexibility index (Phi) is 4.73. The lowest BCUT2D eigenvalue weighted by Gasteiger charge is -2.14. The highest BCUT2D eigenvalue weighted by molar-refractivity contribution is 5.63. The Labute approximate surface area is 126 Å². The summed E-state index contributed by atoms with van der Waals surface area (Å²) < 4.78 is 0. The second-order valence-electron chi connectivity index (χ2n) is 5.28. The molecule has 1 aromatic carbocycles. The van der Waals surface area contributed by atoms with Crippen molar-refractivity contribution in [3.63, 3.8) is 0 Å². The fourth-order valence-corrected chi connectivity index (χ4v) is 2.29. The minimum atomic E-state index is 0.370. The second kappa shape index (κ2) is 6.52. The van der Waals surface area contributed by atoms with Gasteiger partial charge in [0.25, 0.3) is 0 Å². The molecule has 112 valence electrons. The van der Waals surface area contributed by atoms with E-state index in [1.165, 1.54) is 0 Å². The van der Waals surface area contributed by atoms with E-state index in [0.717, 1.165) is 35.7 Å². The van der Waals surface area contributed by atoms with Gasteiger partial charge in [-0.1, -0.05) is 19.9 Å². The van der Waals surface area contributed by atoms with E-state index in [1.54, 1.807) is 0 Å². The highest BCUT2D eigenvalue weighted by atomic mass is 15.2. The number of hydrogen-bond donors (Lipinski definition) is 2. The van der Waals surface area contributed by atoms with Gasteiger partial charge in [0.05, 0.1) is 0 Å². The largest absolute Gasteiger partial charge is 0.399 e. The Morgan fingerprint density at radius 3 is 2.48 bits per heavy atom. The SMILES string of the molecule is CCC(CC)c1nc(C)nc(Nc2cc(N)ccc2C)n1. The molecule has 0 aliphatic rings. The van der Waals surface area contributed by atoms with E-state index in [0.29, 0.717) is 17.6 Å². The van der Waals surface area contributed by atoms with Crippen LogP contribution in [0.2, 0.25) is 0 Å². The van der Waals surface area contributed by atoms with Gasteiger partial charge in [0.1, 0.15) is 11.6 Å². The van der Waals surface area contributed by atoms with Gasteiger partial charge in [-0.15, -0.1) is 0 Å². The van der Waals surface area contributed by atoms with Crippen LogP contribution in [0, 0.1) is 13.8 Å². The molecule has 0 aliphatic carbocycles. The molecule has 0 saturated carbocycles. The third-order valence-corrected chi connectivity index (χ3v) is 3.62. The average Bonchev–Trinajstić information content (AvgIpc) is 2.44. The number of hydrogen-bond acceptors (Lipinski definition) is 5. The van der Waals surface area contributed by atoms with Crippen LogP contribution in [0.25, 0.3) is 0 Å². The normalized spacial score (nSPS) is 10.9. The van der Waals surface area contributed by atoms with Crippen LogP contribution in [0.5, 0.6) is 0 Å². The minimum Gasteiger partial charge on any atom is -0.399 e. The summed E-state index contributed by atoms with van der Waals surface area (Å²) >= 11 is 0. The van der Waals surface area contributed by atoms with Crippen molar-refractivity contribution in [1.82, 2.24) is 15.0 Å². The zero-order valence-corrected chi connectivity index (χ0v) is 13.1. The summed E-state index contributed by atoms with van der Waals surface area (Å²) in [6.45, 7) is 8.23. The van der Waals surface area contributed by atoms with Crippen LogP contribution < -0.4 is 11.1 Å². The third kappa shape index (κ3) is 3.68. The Bertz CT molecular complexity index is 620. The standard InChI is InChI=1S/C16H23N5/c1-5-12(6-2)15-18-11(4)19-16(21-15)20-14-9-13(17)8-7-10(14)3/h7-9,12H,5-6,17H2,1-4H3,(H,18,19,20,21). The zero-order valence-electron chi connectivity index (χ0n) is 13.1. The molecular formula is C16H23N5. The van der Waals surface area contributed by atoms with Crippen molar-refractivity contribution in [2.75, 3.05) is 11.1 Å². The van der Waals surface area contributed by atoms with E-state index in [1.807, 2.05) is 32.0 Å². The van der Waals surface area contributed by atoms with Crippen molar-refractivity contribution in [1.29, 1.82) is 0 Å². The number of nitrogens with two attached hydrogens (primary N) is 1. The summed E-state index contributed by atoms with van der Waals surface area (Å²) in [4.78, 5) is 13.4. The number of aryl methyl sites for hydroxylation is 2. The molecule has 1 heterocycles. The van der Waals surface area contributed by atoms with Gasteiger partial charge in [-0.05, 0) is 44.4 Å². The van der Waals surface area contributed by atoms with Gasteiger partial charge >= 0.3 is 0 Å². The molecule has 0 bridgehead atoms. The molecule has 1 aromatic heterocycles. The first-order chi connectivity index (χ1) is 10.0. The first kappa shape index (κ1) is 15.2. The number of rotatable bonds is 5. The lowest BCUT2D eigenvalue weighted by molar-refractivity contribution is 0.595. The molecule has 5 heteroatoms. The maximum absolute atomic E-state index is 5.84. The fourth-order valence-electron chi connectivity index (χ4n) is 2.29. The topological polar surface area (TPSA) is 76.7 Å². The van der Waals surface area contributed by atoms with E-state index in [4.69, 9.17) is 5.73 Å². The molecule has 2 aromatic rings. The predicted octanol–water partition coefficient (Wildman–Crippen LogP) is 3.72. The number of nitrogens with zero attached hydrogens (tertiary/aromatic N) is 3. The van der Waals surface area contributed by atoms with E-state index in [9.17, 15) is 0 Å². The van der Waals surface area contributed by atoms with Crippen LogP contribution >= 0.6 is 0 Å². The molecule has 0 radical (unpaired) electrons. The van der Waals surface area contributed by atoms with Crippen LogP contribution in [0.15, 0.2) is 18.2 Å². The highest BCUT2D eigenvalue weighted by Crippen LogP contribution is 2.23. The molecule has 0 atom stereocenters. The summed E-state index contributed by atoms with van der Waals surface area (Å²) in [6, 6.07) is 5.76. The monoisotopic (exact) mass is 285 g/mol. The molecule has 0 amide bonds. The molecule has 0 fully saturated rings. The molecule has 21 heavy (non-hydrogen) atoms. The first-order valence-electron chi connectivity index (χ1n) is 7.39. The maximum Gasteiger partial charge on any atom is 0.230 e. The van der Waals surface area contributed by atoms with Gasteiger partial charge in [0, 0.05) is 17.3 Å². The van der Waals surface area contributed by atoms with Crippen molar-refractivity contribution in [2.45, 2.75) is 46.5 Å². The Hall–Kier alpha value is -2.17. The van der Waals surface area contributed by atoms with Crippen LogP contribution in [-0.4, -0.2) is 15.0 Å². The molecule has 0 unspecified atom stereocenters. The zero-order chi connectivity index (χ0) is 15.4. The van der Waals surface area contributed by atoms with E-state index >= 15 is 0 Å². The second-order valence-corrected chi connectivity index (χ2v) is 5.28. The highest BCUT2D eigenvalue weighted by Gasteiger charge is 2.13. The quantitative estimate of drug-likeness (QED) is 0.819. The van der Waals surface area contributed by atoms with Crippen molar-refractivity contribution >= 4 is 17.3 Å². The molecule has 2 rings (SSSR count). The van der Waals surface area contributed by atoms with Crippen LogP contribution in [0.4, 0.5) is 17.3 Å². The van der Waals surface area contributed by atoms with Gasteiger partial charge in [-0.3, -0.25) is 0 Å². The van der Waals surface area contributed by atoms with Gasteiger partial charge in [-0.25, -0.2) is 4.98 Å². The number of nitrogen functional groups attached to an aromatic ring is 1. The Morgan fingerprint density at radius 2 is 1.81 bits per heavy atom. The van der Waals surface area contributed by atoms with Crippen molar-refractivity contribution < 1.29 is 0 Å². The van der Waals surface area contributed by atoms with Crippen LogP contribution in [0.3, 0.4) is 0 Å². The lowest BCUT2D eigenvalue weighted by Crippen LogP contribution is -2.09. The first-order valence-corrected chi connectivity index (χ1v) is 7.39. The van der Waals surface area contributed by atoms with Crippen LogP contribution in [0.1, 0.15) is 49.8 Å². The average molecular weight is 285 g/mol. The molecule has 5 nitrogen and oxygen atoms in total. The minimum absolute atomic E-state index is 0.370. The number of nitrogens with one attached hydrogen (secondary N) is 1. The van der Waals surface area contributed by atoms with Gasteiger partial charge in [-0.2, -0.15) is 9.97 Å². The summed E-state index contributed by atoms with van der Waals surface area (Å²) in [6.07, 6.45) is 2.05.